The summed E-state index contributed by atoms with van der Waals surface area (Å²) < 4.78 is 0. The van der Waals surface area contributed by atoms with Crippen LogP contribution in [0.15, 0.2) is 59.8 Å². The molecule has 1 amide bonds. The van der Waals surface area contributed by atoms with E-state index in [1.165, 1.54) is 5.56 Å². The molecule has 1 fully saturated rings. The number of amides is 1. The number of nitrogens with zero attached hydrogens (tertiary/aromatic N) is 3. The highest BCUT2D eigenvalue weighted by Crippen LogP contribution is 2.10. The van der Waals surface area contributed by atoms with Crippen LogP contribution in [0.5, 0.6) is 0 Å². The molecule has 2 aromatic rings. The molecule has 0 spiro atoms. The molecule has 3 rings (SSSR count). The van der Waals surface area contributed by atoms with E-state index in [4.69, 9.17) is 4.84 Å². The van der Waals surface area contributed by atoms with E-state index in [1.807, 2.05) is 42.2 Å². The Morgan fingerprint density at radius 1 is 1.07 bits per heavy atom. The van der Waals surface area contributed by atoms with Gasteiger partial charge in [-0.05, 0) is 30.5 Å². The molecule has 2 aromatic carbocycles. The predicted molar refractivity (Wildman–Crippen MR) is 108 cm³/mol. The van der Waals surface area contributed by atoms with Gasteiger partial charge < -0.3 is 9.74 Å². The van der Waals surface area contributed by atoms with Gasteiger partial charge in [0.25, 0.3) is 5.91 Å². The monoisotopic (exact) mass is 365 g/mol. The molecule has 142 valence electrons. The number of piperazine rings is 1. The zero-order chi connectivity index (χ0) is 19.1. The number of hydrogen-bond donors (Lipinski definition) is 0. The third-order valence-corrected chi connectivity index (χ3v) is 4.88. The zero-order valence-electron chi connectivity index (χ0n) is 16.0. The van der Waals surface area contributed by atoms with E-state index in [1.54, 1.807) is 13.1 Å². The van der Waals surface area contributed by atoms with E-state index < -0.39 is 6.10 Å². The van der Waals surface area contributed by atoms with Gasteiger partial charge >= 0.3 is 0 Å². The van der Waals surface area contributed by atoms with Crippen molar-refractivity contribution < 1.29 is 9.63 Å². The van der Waals surface area contributed by atoms with Gasteiger partial charge in [-0.15, -0.1) is 0 Å². The molecule has 0 aromatic heterocycles. The first kappa shape index (κ1) is 19.1. The van der Waals surface area contributed by atoms with Gasteiger partial charge in [0.2, 0.25) is 6.10 Å². The largest absolute Gasteiger partial charge is 0.383 e. The Morgan fingerprint density at radius 3 is 2.44 bits per heavy atom. The average Bonchev–Trinajstić information content (AvgIpc) is 2.70. The van der Waals surface area contributed by atoms with Gasteiger partial charge in [-0.2, -0.15) is 0 Å². The van der Waals surface area contributed by atoms with Gasteiger partial charge in [0, 0.05) is 32.7 Å². The highest BCUT2D eigenvalue weighted by Gasteiger charge is 2.26. The summed E-state index contributed by atoms with van der Waals surface area (Å²) in [5.41, 5.74) is 3.42. The fourth-order valence-corrected chi connectivity index (χ4v) is 3.18. The zero-order valence-corrected chi connectivity index (χ0v) is 16.0. The highest BCUT2D eigenvalue weighted by molar-refractivity contribution is 5.82. The van der Waals surface area contributed by atoms with Gasteiger partial charge in [0.1, 0.15) is 0 Å². The first-order valence-electron chi connectivity index (χ1n) is 9.43. The van der Waals surface area contributed by atoms with Crippen molar-refractivity contribution in [3.05, 3.63) is 71.3 Å². The van der Waals surface area contributed by atoms with Crippen molar-refractivity contribution in [2.75, 3.05) is 26.2 Å². The lowest BCUT2D eigenvalue weighted by Gasteiger charge is -2.35. The molecule has 0 N–H and O–H groups in total. The molecule has 1 aliphatic rings. The predicted octanol–water partition coefficient (Wildman–Crippen LogP) is 3.08. The fourth-order valence-electron chi connectivity index (χ4n) is 3.18. The van der Waals surface area contributed by atoms with Gasteiger partial charge in [-0.3, -0.25) is 9.69 Å². The number of hydrogen-bond acceptors (Lipinski definition) is 4. The average molecular weight is 365 g/mol. The second-order valence-electron chi connectivity index (χ2n) is 6.93. The number of carbonyl (C=O) groups excluding carboxylic acids is 1. The summed E-state index contributed by atoms with van der Waals surface area (Å²) in [6.07, 6.45) is 1.09. The van der Waals surface area contributed by atoms with Crippen LogP contribution in [-0.2, 0) is 16.2 Å². The molecule has 0 bridgehead atoms. The summed E-state index contributed by atoms with van der Waals surface area (Å²) in [4.78, 5) is 22.2. The third kappa shape index (κ3) is 5.41. The normalized spacial score (nSPS) is 16.4. The molecule has 1 saturated heterocycles. The van der Waals surface area contributed by atoms with Crippen LogP contribution >= 0.6 is 0 Å². The minimum Gasteiger partial charge on any atom is -0.383 e. The Kier molecular flexibility index (Phi) is 6.60. The number of rotatable bonds is 6. The van der Waals surface area contributed by atoms with Crippen LogP contribution in [0, 0.1) is 6.92 Å². The van der Waals surface area contributed by atoms with Crippen molar-refractivity contribution in [2.24, 2.45) is 5.16 Å². The minimum atomic E-state index is -0.578. The lowest BCUT2D eigenvalue weighted by molar-refractivity contribution is -0.144. The Morgan fingerprint density at radius 2 is 1.74 bits per heavy atom. The molecule has 0 aliphatic carbocycles. The van der Waals surface area contributed by atoms with Crippen molar-refractivity contribution in [3.8, 4) is 0 Å². The van der Waals surface area contributed by atoms with Crippen molar-refractivity contribution in [1.29, 1.82) is 0 Å². The van der Waals surface area contributed by atoms with Crippen LogP contribution in [-0.4, -0.2) is 54.2 Å². The van der Waals surface area contributed by atoms with Crippen molar-refractivity contribution >= 4 is 12.1 Å². The van der Waals surface area contributed by atoms with E-state index in [0.717, 1.165) is 43.9 Å². The number of aryl methyl sites for hydroxylation is 1. The molecule has 0 unspecified atom stereocenters. The molecule has 1 heterocycles. The van der Waals surface area contributed by atoms with Gasteiger partial charge in [-0.25, -0.2) is 0 Å². The quantitative estimate of drug-likeness (QED) is 0.584. The van der Waals surface area contributed by atoms with Crippen LogP contribution in [0.2, 0.25) is 0 Å². The van der Waals surface area contributed by atoms with Crippen molar-refractivity contribution in [1.82, 2.24) is 9.80 Å². The Balaban J connectivity index is 1.45. The van der Waals surface area contributed by atoms with E-state index in [0.29, 0.717) is 0 Å². The van der Waals surface area contributed by atoms with E-state index >= 15 is 0 Å². The van der Waals surface area contributed by atoms with Crippen molar-refractivity contribution in [3.63, 3.8) is 0 Å². The van der Waals surface area contributed by atoms with Crippen LogP contribution in [0.3, 0.4) is 0 Å². The first-order valence-corrected chi connectivity index (χ1v) is 9.43. The minimum absolute atomic E-state index is 0.00343. The van der Waals surface area contributed by atoms with Crippen LogP contribution in [0.4, 0.5) is 0 Å². The van der Waals surface area contributed by atoms with Gasteiger partial charge in [0.15, 0.2) is 0 Å². The van der Waals surface area contributed by atoms with Gasteiger partial charge in [-0.1, -0.05) is 59.8 Å². The molecular formula is C22H27N3O2. The highest BCUT2D eigenvalue weighted by atomic mass is 16.6. The standard InChI is InChI=1S/C22H27N3O2/c1-18-8-6-7-11-21(18)16-23-27-19(2)22(26)25-14-12-24(13-15-25)17-20-9-4-3-5-10-20/h3-11,16,19H,12-15,17H2,1-2H3/b23-16-/t19-/m0/s1. The number of oxime groups is 1. The summed E-state index contributed by atoms with van der Waals surface area (Å²) in [6.45, 7) is 7.90. The molecule has 0 radical (unpaired) electrons. The molecular weight excluding hydrogens is 338 g/mol. The maximum atomic E-state index is 12.6. The van der Waals surface area contributed by atoms with Crippen molar-refractivity contribution in [2.45, 2.75) is 26.5 Å². The van der Waals surface area contributed by atoms with Crippen LogP contribution in [0.1, 0.15) is 23.6 Å². The Hall–Kier alpha value is -2.66. The van der Waals surface area contributed by atoms with Crippen LogP contribution in [0.25, 0.3) is 0 Å². The fraction of sp³-hybridized carbons (Fsp3) is 0.364. The van der Waals surface area contributed by atoms with Gasteiger partial charge in [0.05, 0.1) is 6.21 Å². The molecule has 27 heavy (non-hydrogen) atoms. The SMILES string of the molecule is Cc1ccccc1/C=N\O[C@@H](C)C(=O)N1CCN(Cc2ccccc2)CC1. The number of benzene rings is 2. The third-order valence-electron chi connectivity index (χ3n) is 4.88. The molecule has 5 nitrogen and oxygen atoms in total. The summed E-state index contributed by atoms with van der Waals surface area (Å²) in [5, 5.41) is 4.01. The second-order valence-corrected chi connectivity index (χ2v) is 6.93. The lowest BCUT2D eigenvalue weighted by atomic mass is 10.1. The lowest BCUT2D eigenvalue weighted by Crippen LogP contribution is -2.50. The summed E-state index contributed by atoms with van der Waals surface area (Å²) >= 11 is 0. The molecule has 0 saturated carbocycles. The molecule has 5 heteroatoms. The number of carbonyl (C=O) groups is 1. The molecule has 1 atom stereocenters. The summed E-state index contributed by atoms with van der Waals surface area (Å²) in [5.74, 6) is -0.00343. The second kappa shape index (κ2) is 9.33. The Labute approximate surface area is 161 Å². The smallest absolute Gasteiger partial charge is 0.266 e. The topological polar surface area (TPSA) is 45.1 Å². The van der Waals surface area contributed by atoms with E-state index in [2.05, 4.69) is 34.3 Å². The van der Waals surface area contributed by atoms with E-state index in [9.17, 15) is 4.79 Å². The first-order chi connectivity index (χ1) is 13.1. The Bertz CT molecular complexity index is 768. The maximum absolute atomic E-state index is 12.6. The summed E-state index contributed by atoms with van der Waals surface area (Å²) in [6, 6.07) is 18.4. The maximum Gasteiger partial charge on any atom is 0.266 e. The van der Waals surface area contributed by atoms with E-state index in [-0.39, 0.29) is 5.91 Å². The van der Waals surface area contributed by atoms with Crippen LogP contribution < -0.4 is 0 Å². The summed E-state index contributed by atoms with van der Waals surface area (Å²) in [7, 11) is 0. The molecule has 1 aliphatic heterocycles.